The van der Waals surface area contributed by atoms with Crippen molar-refractivity contribution in [3.05, 3.63) is 0 Å². The van der Waals surface area contributed by atoms with Gasteiger partial charge in [0.25, 0.3) is 0 Å². The molecule has 0 aromatic heterocycles. The van der Waals surface area contributed by atoms with E-state index < -0.39 is 4.84 Å². The fraction of sp³-hybridized carbons (Fsp3) is 1.00. The lowest BCUT2D eigenvalue weighted by Gasteiger charge is -2.08. The minimum Gasteiger partial charge on any atom is -0.106 e. The molecule has 1 unspecified atom stereocenters. The highest BCUT2D eigenvalue weighted by molar-refractivity contribution is 6.47. The quantitative estimate of drug-likeness (QED) is 0.429. The highest BCUT2D eigenvalue weighted by atomic mass is 35.5. The van der Waals surface area contributed by atoms with E-state index in [-0.39, 0.29) is 5.82 Å². The Bertz CT molecular complexity index is 56.4. The maximum Gasteiger partial charge on any atom is 0.102 e. The van der Waals surface area contributed by atoms with Gasteiger partial charge in [-0.25, -0.2) is 0 Å². The zero-order valence-electron chi connectivity index (χ0n) is 4.90. The van der Waals surface area contributed by atoms with E-state index in [0.717, 1.165) is 12.8 Å². The third-order valence-corrected chi connectivity index (χ3v) is 1.59. The van der Waals surface area contributed by atoms with Crippen LogP contribution in [0, 0.1) is 0 Å². The Hall–Kier alpha value is 0.645. The number of hydrogen-bond donors (Lipinski definition) is 0. The fourth-order valence-electron chi connectivity index (χ4n) is 0.459. The summed E-state index contributed by atoms with van der Waals surface area (Å²) in [6, 6.07) is 0. The molecule has 0 heterocycles. The number of rotatable bonds is 3. The molecule has 0 amide bonds. The van der Waals surface area contributed by atoms with E-state index >= 15 is 0 Å². The van der Waals surface area contributed by atoms with Crippen LogP contribution in [0.2, 0.25) is 5.82 Å². The van der Waals surface area contributed by atoms with Gasteiger partial charge in [-0.3, -0.25) is 0 Å². The molecule has 0 fully saturated rings. The van der Waals surface area contributed by atoms with E-state index in [1.165, 1.54) is 0 Å². The van der Waals surface area contributed by atoms with Gasteiger partial charge < -0.3 is 0 Å². The van der Waals surface area contributed by atoms with Crippen molar-refractivity contribution in [2.75, 3.05) is 0 Å². The molecule has 3 heteroatoms. The third-order valence-electron chi connectivity index (χ3n) is 0.946. The Morgan fingerprint density at radius 2 is 2.00 bits per heavy atom. The SMILES string of the molecule is [B]C(CCC)C(Cl)Cl. The minimum atomic E-state index is -0.407. The molecule has 0 spiro atoms. The van der Waals surface area contributed by atoms with Gasteiger partial charge in [-0.05, 0) is 5.82 Å². The predicted octanol–water partition coefficient (Wildman–Crippen LogP) is 2.55. The van der Waals surface area contributed by atoms with E-state index in [9.17, 15) is 0 Å². The summed E-state index contributed by atoms with van der Waals surface area (Å²) in [6.07, 6.45) is 1.94. The van der Waals surface area contributed by atoms with E-state index in [4.69, 9.17) is 31.0 Å². The topological polar surface area (TPSA) is 0 Å². The summed E-state index contributed by atoms with van der Waals surface area (Å²) in [6.45, 7) is 2.05. The summed E-state index contributed by atoms with van der Waals surface area (Å²) >= 11 is 10.9. The monoisotopic (exact) mass is 150 g/mol. The standard InChI is InChI=1S/C5H9BCl2/c1-2-3-4(6)5(7)8/h4-5H,2-3H2,1H3. The van der Waals surface area contributed by atoms with Gasteiger partial charge in [-0.1, -0.05) is 19.8 Å². The molecular weight excluding hydrogens is 142 g/mol. The first-order valence-corrected chi connectivity index (χ1v) is 3.59. The second kappa shape index (κ2) is 4.52. The first-order chi connectivity index (χ1) is 3.68. The number of halogens is 2. The summed E-state index contributed by atoms with van der Waals surface area (Å²) in [7, 11) is 5.46. The first kappa shape index (κ1) is 8.64. The van der Waals surface area contributed by atoms with Gasteiger partial charge in [0.05, 0.1) is 7.85 Å². The Kier molecular flexibility index (Phi) is 4.88. The van der Waals surface area contributed by atoms with Gasteiger partial charge in [0.1, 0.15) is 4.84 Å². The Balaban J connectivity index is 3.17. The van der Waals surface area contributed by atoms with Crippen LogP contribution in [0.3, 0.4) is 0 Å². The van der Waals surface area contributed by atoms with Crippen LogP contribution in [0.25, 0.3) is 0 Å². The van der Waals surface area contributed by atoms with Crippen LogP contribution in [0.1, 0.15) is 19.8 Å². The molecule has 0 aliphatic rings. The molecule has 0 rings (SSSR count). The largest absolute Gasteiger partial charge is 0.106 e. The maximum absolute atomic E-state index is 5.46. The molecule has 0 bridgehead atoms. The zero-order chi connectivity index (χ0) is 6.57. The second-order valence-corrected chi connectivity index (χ2v) is 2.95. The van der Waals surface area contributed by atoms with Crippen molar-refractivity contribution in [1.29, 1.82) is 0 Å². The lowest BCUT2D eigenvalue weighted by molar-refractivity contribution is 0.754. The second-order valence-electron chi connectivity index (χ2n) is 1.79. The number of alkyl halides is 2. The highest BCUT2D eigenvalue weighted by Crippen LogP contribution is 2.21. The van der Waals surface area contributed by atoms with Crippen molar-refractivity contribution in [1.82, 2.24) is 0 Å². The van der Waals surface area contributed by atoms with Gasteiger partial charge in [0, 0.05) is 0 Å². The van der Waals surface area contributed by atoms with Crippen molar-refractivity contribution < 1.29 is 0 Å². The fourth-order valence-corrected chi connectivity index (χ4v) is 0.711. The molecule has 0 saturated heterocycles. The molecule has 46 valence electrons. The number of hydrogen-bond acceptors (Lipinski definition) is 0. The van der Waals surface area contributed by atoms with Crippen LogP contribution >= 0.6 is 23.2 Å². The summed E-state index contributed by atoms with van der Waals surface area (Å²) < 4.78 is 0. The molecule has 0 aromatic carbocycles. The van der Waals surface area contributed by atoms with Crippen LogP contribution in [0.15, 0.2) is 0 Å². The zero-order valence-corrected chi connectivity index (χ0v) is 6.41. The highest BCUT2D eigenvalue weighted by Gasteiger charge is 2.07. The van der Waals surface area contributed by atoms with Gasteiger partial charge in [-0.2, -0.15) is 0 Å². The minimum absolute atomic E-state index is 0.0525. The van der Waals surface area contributed by atoms with Crippen molar-refractivity contribution in [3.63, 3.8) is 0 Å². The summed E-state index contributed by atoms with van der Waals surface area (Å²) in [5.74, 6) is -0.0525. The first-order valence-electron chi connectivity index (χ1n) is 2.72. The Morgan fingerprint density at radius 3 is 2.12 bits per heavy atom. The van der Waals surface area contributed by atoms with Crippen molar-refractivity contribution >= 4 is 31.0 Å². The van der Waals surface area contributed by atoms with Crippen molar-refractivity contribution in [2.24, 2.45) is 0 Å². The maximum atomic E-state index is 5.46. The van der Waals surface area contributed by atoms with Crippen molar-refractivity contribution in [3.8, 4) is 0 Å². The molecule has 0 aromatic rings. The van der Waals surface area contributed by atoms with E-state index in [0.29, 0.717) is 0 Å². The molecule has 0 aliphatic carbocycles. The van der Waals surface area contributed by atoms with Gasteiger partial charge >= 0.3 is 0 Å². The average molecular weight is 151 g/mol. The molecule has 0 saturated carbocycles. The Morgan fingerprint density at radius 1 is 1.50 bits per heavy atom. The third kappa shape index (κ3) is 3.62. The van der Waals surface area contributed by atoms with Gasteiger partial charge in [0.15, 0.2) is 0 Å². The molecule has 1 atom stereocenters. The summed E-state index contributed by atoms with van der Waals surface area (Å²) in [5, 5.41) is 0. The Labute approximate surface area is 62.0 Å². The van der Waals surface area contributed by atoms with E-state index in [1.54, 1.807) is 0 Å². The molecular formula is C5H9BCl2. The van der Waals surface area contributed by atoms with Crippen LogP contribution in [0.4, 0.5) is 0 Å². The summed E-state index contributed by atoms with van der Waals surface area (Å²) in [5.41, 5.74) is 0. The van der Waals surface area contributed by atoms with Gasteiger partial charge in [-0.15, -0.1) is 23.2 Å². The molecule has 0 N–H and O–H groups in total. The molecule has 0 nitrogen and oxygen atoms in total. The van der Waals surface area contributed by atoms with E-state index in [2.05, 4.69) is 6.92 Å². The van der Waals surface area contributed by atoms with Crippen LogP contribution in [0.5, 0.6) is 0 Å². The van der Waals surface area contributed by atoms with Gasteiger partial charge in [0.2, 0.25) is 0 Å². The van der Waals surface area contributed by atoms with Crippen LogP contribution in [-0.4, -0.2) is 12.7 Å². The average Bonchev–Trinajstić information content (AvgIpc) is 1.67. The predicted molar refractivity (Wildman–Crippen MR) is 39.9 cm³/mol. The van der Waals surface area contributed by atoms with E-state index in [1.807, 2.05) is 0 Å². The van der Waals surface area contributed by atoms with Crippen LogP contribution < -0.4 is 0 Å². The molecule has 2 radical (unpaired) electrons. The smallest absolute Gasteiger partial charge is 0.102 e. The van der Waals surface area contributed by atoms with Crippen LogP contribution in [-0.2, 0) is 0 Å². The molecule has 8 heavy (non-hydrogen) atoms. The lowest BCUT2D eigenvalue weighted by atomic mass is 9.85. The molecule has 0 aliphatic heterocycles. The van der Waals surface area contributed by atoms with Crippen molar-refractivity contribution in [2.45, 2.75) is 30.4 Å². The lowest BCUT2D eigenvalue weighted by Crippen LogP contribution is -2.00. The summed E-state index contributed by atoms with van der Waals surface area (Å²) in [4.78, 5) is -0.407. The normalized spacial score (nSPS) is 14.5.